The van der Waals surface area contributed by atoms with Gasteiger partial charge >= 0.3 is 0 Å². The molecule has 4 rings (SSSR count). The van der Waals surface area contributed by atoms with E-state index in [0.717, 1.165) is 29.4 Å². The zero-order chi connectivity index (χ0) is 22.7. The third-order valence-electron chi connectivity index (χ3n) is 5.56. The number of nitrogens with two attached hydrogens (primary N) is 1. The van der Waals surface area contributed by atoms with E-state index in [1.165, 1.54) is 11.1 Å². The predicted octanol–water partition coefficient (Wildman–Crippen LogP) is 2.52. The van der Waals surface area contributed by atoms with Crippen LogP contribution in [0, 0.1) is 0 Å². The number of carbonyl (C=O) groups is 1. The van der Waals surface area contributed by atoms with Crippen molar-refractivity contribution in [2.24, 2.45) is 5.10 Å². The predicted molar refractivity (Wildman–Crippen MR) is 121 cm³/mol. The molecule has 0 radical (unpaired) electrons. The largest absolute Gasteiger partial charge is 0.378 e. The Balaban J connectivity index is 1.61. The maximum atomic E-state index is 13.0. The Hall–Kier alpha value is -3.12. The third kappa shape index (κ3) is 4.70. The lowest BCUT2D eigenvalue weighted by Crippen LogP contribution is -2.38. The first-order valence-corrected chi connectivity index (χ1v) is 11.1. The number of hydrogen-bond donors (Lipinski definition) is 2. The number of nitrogen functional groups attached to an aromatic ring is 1. The molecule has 3 heterocycles. The smallest absolute Gasteiger partial charge is 0.293 e. The molecule has 0 aliphatic carbocycles. The summed E-state index contributed by atoms with van der Waals surface area (Å²) in [7, 11) is 0. The van der Waals surface area contributed by atoms with Crippen LogP contribution < -0.4 is 11.2 Å². The van der Waals surface area contributed by atoms with Gasteiger partial charge in [0.2, 0.25) is 11.6 Å². The minimum atomic E-state index is -0.470. The summed E-state index contributed by atoms with van der Waals surface area (Å²) in [6.45, 7) is 5.36. The van der Waals surface area contributed by atoms with E-state index < -0.39 is 5.91 Å². The number of rotatable bonds is 6. The number of nitrogens with one attached hydrogen (secondary N) is 1. The van der Waals surface area contributed by atoms with Crippen LogP contribution in [0.1, 0.15) is 54.9 Å². The van der Waals surface area contributed by atoms with Crippen LogP contribution in [-0.2, 0) is 6.54 Å². The lowest BCUT2D eigenvalue weighted by atomic mass is 10.0. The van der Waals surface area contributed by atoms with Gasteiger partial charge in [0.1, 0.15) is 0 Å². The average Bonchev–Trinajstić information content (AvgIpc) is 3.39. The molecule has 3 N–H and O–H groups in total. The summed E-state index contributed by atoms with van der Waals surface area (Å²) >= 11 is 3.41. The van der Waals surface area contributed by atoms with Crippen LogP contribution in [0.15, 0.2) is 38.5 Å². The van der Waals surface area contributed by atoms with Gasteiger partial charge in [0, 0.05) is 17.1 Å². The second-order valence-corrected chi connectivity index (χ2v) is 8.65. The molecule has 12 heteroatoms. The first kappa shape index (κ1) is 22.1. The van der Waals surface area contributed by atoms with Crippen LogP contribution in [-0.4, -0.2) is 54.4 Å². The van der Waals surface area contributed by atoms with Gasteiger partial charge in [-0.25, -0.2) is 10.1 Å². The van der Waals surface area contributed by atoms with Crippen molar-refractivity contribution in [2.45, 2.75) is 45.7 Å². The lowest BCUT2D eigenvalue weighted by molar-refractivity contribution is 0.0944. The number of halogens is 1. The number of nitrogens with zero attached hydrogens (tertiary/aromatic N) is 7. The standard InChI is InChI=1S/C20H24BrN9O2/c1-12-5-3-4-10-29(12)11-16-17(24-28-30(16)19-18(22)26-32-27-19)20(31)25-23-13(2)14-6-8-15(21)9-7-14/h6-9,12H,3-5,10-11H2,1-2H3,(H2,22,26)(H,25,31). The van der Waals surface area contributed by atoms with Gasteiger partial charge in [-0.2, -0.15) is 9.78 Å². The minimum Gasteiger partial charge on any atom is -0.378 e. The molecule has 1 amide bonds. The Kier molecular flexibility index (Phi) is 6.61. The number of piperidine rings is 1. The Morgan fingerprint density at radius 2 is 2.09 bits per heavy atom. The summed E-state index contributed by atoms with van der Waals surface area (Å²) < 4.78 is 7.09. The van der Waals surface area contributed by atoms with E-state index in [9.17, 15) is 4.79 Å². The average molecular weight is 502 g/mol. The van der Waals surface area contributed by atoms with E-state index in [1.54, 1.807) is 0 Å². The van der Waals surface area contributed by atoms with Gasteiger partial charge in [0.25, 0.3) is 5.91 Å². The normalized spacial score (nSPS) is 17.5. The van der Waals surface area contributed by atoms with Crippen molar-refractivity contribution in [2.75, 3.05) is 12.3 Å². The van der Waals surface area contributed by atoms with E-state index in [0.29, 0.717) is 24.0 Å². The topological polar surface area (TPSA) is 140 Å². The highest BCUT2D eigenvalue weighted by atomic mass is 79.9. The number of hydrogen-bond acceptors (Lipinski definition) is 9. The first-order valence-electron chi connectivity index (χ1n) is 10.3. The van der Waals surface area contributed by atoms with Crippen LogP contribution in [0.2, 0.25) is 0 Å². The van der Waals surface area contributed by atoms with Gasteiger partial charge in [-0.05, 0) is 61.2 Å². The number of benzene rings is 1. The van der Waals surface area contributed by atoms with Crippen molar-refractivity contribution in [3.05, 3.63) is 45.7 Å². The number of carbonyl (C=O) groups excluding carboxylic acids is 1. The van der Waals surface area contributed by atoms with Crippen LogP contribution in [0.5, 0.6) is 0 Å². The zero-order valence-corrected chi connectivity index (χ0v) is 19.4. The van der Waals surface area contributed by atoms with Crippen molar-refractivity contribution >= 4 is 33.4 Å². The van der Waals surface area contributed by atoms with Crippen LogP contribution in [0.3, 0.4) is 0 Å². The van der Waals surface area contributed by atoms with Crippen molar-refractivity contribution in [3.63, 3.8) is 0 Å². The fraction of sp³-hybridized carbons (Fsp3) is 0.400. The van der Waals surface area contributed by atoms with Gasteiger partial charge in [-0.1, -0.05) is 39.7 Å². The van der Waals surface area contributed by atoms with E-state index in [2.05, 4.69) is 58.9 Å². The maximum absolute atomic E-state index is 13.0. The quantitative estimate of drug-likeness (QED) is 0.387. The van der Waals surface area contributed by atoms with Crippen molar-refractivity contribution in [3.8, 4) is 5.82 Å². The second-order valence-electron chi connectivity index (χ2n) is 7.73. The number of amides is 1. The van der Waals surface area contributed by atoms with Crippen LogP contribution in [0.25, 0.3) is 5.82 Å². The molecule has 1 aliphatic heterocycles. The highest BCUT2D eigenvalue weighted by Crippen LogP contribution is 2.22. The Labute approximate surface area is 193 Å². The molecule has 0 saturated carbocycles. The second kappa shape index (κ2) is 9.57. The van der Waals surface area contributed by atoms with Crippen LogP contribution >= 0.6 is 15.9 Å². The number of likely N-dealkylation sites (tertiary alicyclic amines) is 1. The molecule has 1 saturated heterocycles. The number of aromatic nitrogens is 5. The number of anilines is 1. The zero-order valence-electron chi connectivity index (χ0n) is 17.8. The van der Waals surface area contributed by atoms with Gasteiger partial charge in [-0.3, -0.25) is 9.69 Å². The Morgan fingerprint density at radius 1 is 1.31 bits per heavy atom. The molecule has 1 atom stereocenters. The molecule has 0 bridgehead atoms. The summed E-state index contributed by atoms with van der Waals surface area (Å²) in [5, 5.41) is 19.9. The molecular weight excluding hydrogens is 478 g/mol. The van der Waals surface area contributed by atoms with Crippen LogP contribution in [0.4, 0.5) is 5.82 Å². The van der Waals surface area contributed by atoms with Crippen molar-refractivity contribution in [1.29, 1.82) is 0 Å². The first-order chi connectivity index (χ1) is 15.4. The molecule has 0 spiro atoms. The van der Waals surface area contributed by atoms with E-state index in [1.807, 2.05) is 31.2 Å². The lowest BCUT2D eigenvalue weighted by Gasteiger charge is -2.33. The molecular formula is C20H24BrN9O2. The van der Waals surface area contributed by atoms with Gasteiger partial charge in [0.05, 0.1) is 11.4 Å². The highest BCUT2D eigenvalue weighted by molar-refractivity contribution is 9.10. The van der Waals surface area contributed by atoms with Gasteiger partial charge in [-0.15, -0.1) is 5.10 Å². The van der Waals surface area contributed by atoms with Gasteiger partial charge < -0.3 is 5.73 Å². The summed E-state index contributed by atoms with van der Waals surface area (Å²) in [5.74, 6) is -0.202. The van der Waals surface area contributed by atoms with E-state index >= 15 is 0 Å². The SMILES string of the molecule is CC(=NNC(=O)c1nnn(-c2nonc2N)c1CN1CCCCC1C)c1ccc(Br)cc1. The molecule has 3 aromatic rings. The van der Waals surface area contributed by atoms with Gasteiger partial charge in [0.15, 0.2) is 5.69 Å². The maximum Gasteiger partial charge on any atom is 0.293 e. The minimum absolute atomic E-state index is 0.0684. The van der Waals surface area contributed by atoms with Crippen molar-refractivity contribution < 1.29 is 9.42 Å². The molecule has 1 aromatic carbocycles. The van der Waals surface area contributed by atoms with Crippen molar-refractivity contribution in [1.82, 2.24) is 35.6 Å². The summed E-state index contributed by atoms with van der Waals surface area (Å²) in [6, 6.07) is 8.02. The third-order valence-corrected chi connectivity index (χ3v) is 6.08. The van der Waals surface area contributed by atoms with E-state index in [4.69, 9.17) is 10.4 Å². The molecule has 1 aliphatic rings. The summed E-state index contributed by atoms with van der Waals surface area (Å²) in [5.41, 5.74) is 10.7. The Bertz CT molecular complexity index is 1120. The fourth-order valence-electron chi connectivity index (χ4n) is 3.66. The molecule has 168 valence electrons. The molecule has 11 nitrogen and oxygen atoms in total. The monoisotopic (exact) mass is 501 g/mol. The Morgan fingerprint density at radius 3 is 2.78 bits per heavy atom. The molecule has 2 aromatic heterocycles. The molecule has 1 fully saturated rings. The summed E-state index contributed by atoms with van der Waals surface area (Å²) in [6.07, 6.45) is 3.37. The van der Waals surface area contributed by atoms with E-state index in [-0.39, 0.29) is 17.3 Å². The highest BCUT2D eigenvalue weighted by Gasteiger charge is 2.28. The molecule has 1 unspecified atom stereocenters. The fourth-order valence-corrected chi connectivity index (χ4v) is 3.92. The molecule has 32 heavy (non-hydrogen) atoms. The summed E-state index contributed by atoms with van der Waals surface area (Å²) in [4.78, 5) is 15.3. The number of hydrazone groups is 1.